The highest BCUT2D eigenvalue weighted by Crippen LogP contribution is 2.34. The van der Waals surface area contributed by atoms with E-state index in [0.29, 0.717) is 35.8 Å². The summed E-state index contributed by atoms with van der Waals surface area (Å²) in [6.45, 7) is 2.69. The van der Waals surface area contributed by atoms with Crippen LogP contribution in [0.25, 0.3) is 0 Å². The number of nitrogens with one attached hydrogen (secondary N) is 2. The molecule has 0 atom stereocenters. The fourth-order valence-corrected chi connectivity index (χ4v) is 3.29. The maximum Gasteiger partial charge on any atom is 0.314 e. The lowest BCUT2D eigenvalue weighted by molar-refractivity contribution is -0.132. The quantitative estimate of drug-likeness (QED) is 0.796. The third-order valence-corrected chi connectivity index (χ3v) is 4.66. The van der Waals surface area contributed by atoms with Gasteiger partial charge in [-0.15, -0.1) is 0 Å². The van der Waals surface area contributed by atoms with Gasteiger partial charge in [-0.05, 0) is 49.2 Å². The molecule has 3 amide bonds. The number of hydrogen-bond donors (Lipinski definition) is 2. The highest BCUT2D eigenvalue weighted by molar-refractivity contribution is 6.43. The number of benzene rings is 2. The van der Waals surface area contributed by atoms with E-state index in [4.69, 9.17) is 9.47 Å². The molecule has 8 heteroatoms. The molecule has 0 aromatic heterocycles. The van der Waals surface area contributed by atoms with Gasteiger partial charge in [0, 0.05) is 36.1 Å². The largest absolute Gasteiger partial charge is 0.454 e. The van der Waals surface area contributed by atoms with Crippen molar-refractivity contribution in [1.29, 1.82) is 0 Å². The molecule has 1 saturated heterocycles. The van der Waals surface area contributed by atoms with Crippen LogP contribution in [0.3, 0.4) is 0 Å². The molecule has 2 aliphatic heterocycles. The van der Waals surface area contributed by atoms with Crippen LogP contribution in [0.5, 0.6) is 11.5 Å². The molecule has 28 heavy (non-hydrogen) atoms. The van der Waals surface area contributed by atoms with Gasteiger partial charge in [0.15, 0.2) is 11.5 Å². The molecule has 4 rings (SSSR count). The van der Waals surface area contributed by atoms with Gasteiger partial charge in [0.05, 0.1) is 0 Å². The summed E-state index contributed by atoms with van der Waals surface area (Å²) >= 11 is 0. The van der Waals surface area contributed by atoms with Crippen molar-refractivity contribution in [2.45, 2.75) is 19.8 Å². The molecule has 2 aromatic carbocycles. The summed E-state index contributed by atoms with van der Waals surface area (Å²) in [6.07, 6.45) is 1.40. The van der Waals surface area contributed by atoms with Gasteiger partial charge < -0.3 is 25.0 Å². The van der Waals surface area contributed by atoms with E-state index >= 15 is 0 Å². The van der Waals surface area contributed by atoms with Crippen molar-refractivity contribution >= 4 is 34.8 Å². The second-order valence-electron chi connectivity index (χ2n) is 6.63. The standard InChI is InChI=1S/C20H19N3O5/c1-12-9-13(4-6-15(12)23-8-2-3-18(23)24)21-19(25)20(26)22-14-5-7-16-17(10-14)28-11-27-16/h4-7,9-10H,2-3,8,11H2,1H3,(H,21,25)(H,22,26). The van der Waals surface area contributed by atoms with Crippen LogP contribution in [0.15, 0.2) is 36.4 Å². The first kappa shape index (κ1) is 17.8. The van der Waals surface area contributed by atoms with Gasteiger partial charge in [-0.25, -0.2) is 0 Å². The van der Waals surface area contributed by atoms with E-state index in [1.54, 1.807) is 41.3 Å². The summed E-state index contributed by atoms with van der Waals surface area (Å²) in [5.74, 6) is -0.379. The summed E-state index contributed by atoms with van der Waals surface area (Å²) in [5.41, 5.74) is 2.59. The fourth-order valence-electron chi connectivity index (χ4n) is 3.29. The second kappa shape index (κ2) is 7.22. The van der Waals surface area contributed by atoms with Crippen molar-refractivity contribution in [3.63, 3.8) is 0 Å². The number of hydrogen-bond acceptors (Lipinski definition) is 5. The molecule has 0 aliphatic carbocycles. The van der Waals surface area contributed by atoms with Crippen LogP contribution in [-0.2, 0) is 14.4 Å². The minimum atomic E-state index is -0.796. The van der Waals surface area contributed by atoms with Gasteiger partial charge in [-0.3, -0.25) is 14.4 Å². The lowest BCUT2D eigenvalue weighted by Crippen LogP contribution is -2.29. The van der Waals surface area contributed by atoms with Crippen LogP contribution >= 0.6 is 0 Å². The SMILES string of the molecule is Cc1cc(NC(=O)C(=O)Nc2ccc3c(c2)OCO3)ccc1N1CCCC1=O. The molecular formula is C20H19N3O5. The molecule has 0 unspecified atom stereocenters. The van der Waals surface area contributed by atoms with Crippen molar-refractivity contribution < 1.29 is 23.9 Å². The van der Waals surface area contributed by atoms with Crippen LogP contribution in [0.4, 0.5) is 17.1 Å². The van der Waals surface area contributed by atoms with Gasteiger partial charge in [0.1, 0.15) is 0 Å². The van der Waals surface area contributed by atoms with Gasteiger partial charge in [-0.1, -0.05) is 0 Å². The maximum atomic E-state index is 12.2. The van der Waals surface area contributed by atoms with Crippen molar-refractivity contribution in [3.05, 3.63) is 42.0 Å². The van der Waals surface area contributed by atoms with Crippen LogP contribution in [0, 0.1) is 6.92 Å². The number of anilines is 3. The Kier molecular flexibility index (Phi) is 4.60. The van der Waals surface area contributed by atoms with Crippen LogP contribution in [0.2, 0.25) is 0 Å². The number of rotatable bonds is 3. The Morgan fingerprint density at radius 3 is 2.32 bits per heavy atom. The highest BCUT2D eigenvalue weighted by atomic mass is 16.7. The average molecular weight is 381 g/mol. The van der Waals surface area contributed by atoms with E-state index in [1.807, 2.05) is 6.92 Å². The summed E-state index contributed by atoms with van der Waals surface area (Å²) in [5, 5.41) is 5.10. The monoisotopic (exact) mass is 381 g/mol. The van der Waals surface area contributed by atoms with Crippen molar-refractivity contribution in [1.82, 2.24) is 0 Å². The number of carbonyl (C=O) groups excluding carboxylic acids is 3. The number of ether oxygens (including phenoxy) is 2. The Balaban J connectivity index is 1.41. The number of nitrogens with zero attached hydrogens (tertiary/aromatic N) is 1. The van der Waals surface area contributed by atoms with Crippen molar-refractivity contribution in [2.24, 2.45) is 0 Å². The maximum absolute atomic E-state index is 12.2. The Hall–Kier alpha value is -3.55. The van der Waals surface area contributed by atoms with E-state index in [-0.39, 0.29) is 12.7 Å². The predicted molar refractivity (Wildman–Crippen MR) is 103 cm³/mol. The van der Waals surface area contributed by atoms with E-state index in [0.717, 1.165) is 17.7 Å². The summed E-state index contributed by atoms with van der Waals surface area (Å²) in [4.78, 5) is 38.0. The Morgan fingerprint density at radius 1 is 0.964 bits per heavy atom. The summed E-state index contributed by atoms with van der Waals surface area (Å²) < 4.78 is 10.5. The normalized spacial score (nSPS) is 14.9. The number of fused-ring (bicyclic) bond motifs is 1. The molecule has 144 valence electrons. The van der Waals surface area contributed by atoms with Crippen LogP contribution in [0.1, 0.15) is 18.4 Å². The van der Waals surface area contributed by atoms with Gasteiger partial charge in [0.25, 0.3) is 0 Å². The summed E-state index contributed by atoms with van der Waals surface area (Å²) in [7, 11) is 0. The zero-order valence-corrected chi connectivity index (χ0v) is 15.3. The molecule has 2 aromatic rings. The number of amides is 3. The Labute approximate surface area is 161 Å². The highest BCUT2D eigenvalue weighted by Gasteiger charge is 2.23. The number of aryl methyl sites for hydroxylation is 1. The molecule has 1 fully saturated rings. The third kappa shape index (κ3) is 3.48. The van der Waals surface area contributed by atoms with E-state index in [9.17, 15) is 14.4 Å². The average Bonchev–Trinajstić information content (AvgIpc) is 3.30. The lowest BCUT2D eigenvalue weighted by atomic mass is 10.1. The zero-order valence-electron chi connectivity index (χ0n) is 15.3. The zero-order chi connectivity index (χ0) is 19.7. The molecule has 2 heterocycles. The van der Waals surface area contributed by atoms with E-state index < -0.39 is 11.8 Å². The fraction of sp³-hybridized carbons (Fsp3) is 0.250. The van der Waals surface area contributed by atoms with E-state index in [1.165, 1.54) is 0 Å². The van der Waals surface area contributed by atoms with Crippen molar-refractivity contribution in [2.75, 3.05) is 28.9 Å². The molecule has 2 aliphatic rings. The van der Waals surface area contributed by atoms with Gasteiger partial charge >= 0.3 is 11.8 Å². The topological polar surface area (TPSA) is 97.0 Å². The molecule has 0 bridgehead atoms. The second-order valence-corrected chi connectivity index (χ2v) is 6.63. The first-order valence-corrected chi connectivity index (χ1v) is 8.94. The predicted octanol–water partition coefficient (Wildman–Crippen LogP) is 2.43. The van der Waals surface area contributed by atoms with E-state index in [2.05, 4.69) is 10.6 Å². The van der Waals surface area contributed by atoms with Crippen LogP contribution in [-0.4, -0.2) is 31.1 Å². The first-order valence-electron chi connectivity index (χ1n) is 8.94. The summed E-state index contributed by atoms with van der Waals surface area (Å²) in [6, 6.07) is 10.1. The molecular weight excluding hydrogens is 362 g/mol. The van der Waals surface area contributed by atoms with Gasteiger partial charge in [-0.2, -0.15) is 0 Å². The molecule has 0 spiro atoms. The molecule has 2 N–H and O–H groups in total. The Bertz CT molecular complexity index is 972. The lowest BCUT2D eigenvalue weighted by Gasteiger charge is -2.19. The minimum absolute atomic E-state index is 0.1000. The van der Waals surface area contributed by atoms with Crippen molar-refractivity contribution in [3.8, 4) is 11.5 Å². The van der Waals surface area contributed by atoms with Crippen LogP contribution < -0.4 is 25.0 Å². The van der Waals surface area contributed by atoms with Gasteiger partial charge in [0.2, 0.25) is 12.7 Å². The number of carbonyl (C=O) groups is 3. The molecule has 0 saturated carbocycles. The molecule has 0 radical (unpaired) electrons. The first-order chi connectivity index (χ1) is 13.5. The third-order valence-electron chi connectivity index (χ3n) is 4.66. The smallest absolute Gasteiger partial charge is 0.314 e. The Morgan fingerprint density at radius 2 is 1.64 bits per heavy atom. The minimum Gasteiger partial charge on any atom is -0.454 e. The molecule has 8 nitrogen and oxygen atoms in total.